The van der Waals surface area contributed by atoms with Crippen molar-refractivity contribution in [2.24, 2.45) is 0 Å². The van der Waals surface area contributed by atoms with Crippen molar-refractivity contribution in [1.29, 1.82) is 0 Å². The van der Waals surface area contributed by atoms with Gasteiger partial charge in [0.05, 0.1) is 16.6 Å². The average molecular weight is 366 g/mol. The van der Waals surface area contributed by atoms with Crippen LogP contribution in [0, 0.1) is 0 Å². The standard InChI is InChI=1S/C21H22N2O2S/c1-3-16-10-12-17(13-11-16)23-20(25)18-8-4-5-9-19(18)22-21(23)26-14-6-7-15(2)24/h4-5,8-13H,3,6-7,14H2,1-2H3. The van der Waals surface area contributed by atoms with Crippen molar-refractivity contribution in [3.05, 3.63) is 64.4 Å². The first-order chi connectivity index (χ1) is 12.6. The lowest BCUT2D eigenvalue weighted by Crippen LogP contribution is -2.21. The zero-order valence-electron chi connectivity index (χ0n) is 15.1. The molecule has 2 aromatic carbocycles. The Labute approximate surface area is 157 Å². The predicted octanol–water partition coefficient (Wildman–Crippen LogP) is 4.41. The molecular weight excluding hydrogens is 344 g/mol. The van der Waals surface area contributed by atoms with Crippen LogP contribution in [0.25, 0.3) is 16.6 Å². The number of ketones is 1. The number of benzene rings is 2. The highest BCUT2D eigenvalue weighted by Gasteiger charge is 2.13. The highest BCUT2D eigenvalue weighted by atomic mass is 32.2. The number of hydrogen-bond donors (Lipinski definition) is 0. The number of carbonyl (C=O) groups excluding carboxylic acids is 1. The third-order valence-electron chi connectivity index (χ3n) is 4.25. The summed E-state index contributed by atoms with van der Waals surface area (Å²) in [6, 6.07) is 15.4. The van der Waals surface area contributed by atoms with Crippen LogP contribution in [-0.2, 0) is 11.2 Å². The van der Waals surface area contributed by atoms with Crippen LogP contribution >= 0.6 is 11.8 Å². The molecular formula is C21H22N2O2S. The van der Waals surface area contributed by atoms with Crippen LogP contribution in [0.15, 0.2) is 58.5 Å². The zero-order valence-corrected chi connectivity index (χ0v) is 15.9. The quantitative estimate of drug-likeness (QED) is 0.353. The fourth-order valence-electron chi connectivity index (χ4n) is 2.80. The largest absolute Gasteiger partial charge is 0.300 e. The maximum Gasteiger partial charge on any atom is 0.266 e. The number of nitrogens with zero attached hydrogens (tertiary/aromatic N) is 2. The van der Waals surface area contributed by atoms with Crippen LogP contribution in [0.2, 0.25) is 0 Å². The summed E-state index contributed by atoms with van der Waals surface area (Å²) in [7, 11) is 0. The first-order valence-corrected chi connectivity index (χ1v) is 9.82. The Morgan fingerprint density at radius 1 is 1.12 bits per heavy atom. The van der Waals surface area contributed by atoms with Gasteiger partial charge in [-0.1, -0.05) is 43.0 Å². The van der Waals surface area contributed by atoms with Crippen molar-refractivity contribution in [3.8, 4) is 5.69 Å². The van der Waals surface area contributed by atoms with E-state index in [1.165, 1.54) is 17.3 Å². The number of hydrogen-bond acceptors (Lipinski definition) is 4. The van der Waals surface area contributed by atoms with E-state index in [1.54, 1.807) is 11.5 Å². The van der Waals surface area contributed by atoms with Gasteiger partial charge in [-0.15, -0.1) is 0 Å². The third kappa shape index (κ3) is 4.05. The molecule has 0 saturated heterocycles. The van der Waals surface area contributed by atoms with Crippen LogP contribution in [0.5, 0.6) is 0 Å². The Morgan fingerprint density at radius 2 is 1.85 bits per heavy atom. The van der Waals surface area contributed by atoms with Gasteiger partial charge in [-0.05, 0) is 49.6 Å². The molecule has 1 heterocycles. The Morgan fingerprint density at radius 3 is 2.54 bits per heavy atom. The molecule has 0 aliphatic rings. The Hall–Kier alpha value is -2.40. The highest BCUT2D eigenvalue weighted by Crippen LogP contribution is 2.22. The Balaban J connectivity index is 2.04. The maximum atomic E-state index is 13.1. The minimum atomic E-state index is -0.0612. The van der Waals surface area contributed by atoms with Gasteiger partial charge in [0.25, 0.3) is 5.56 Å². The van der Waals surface area contributed by atoms with Crippen LogP contribution in [0.1, 0.15) is 32.3 Å². The summed E-state index contributed by atoms with van der Waals surface area (Å²) in [5.74, 6) is 0.932. The van der Waals surface area contributed by atoms with Gasteiger partial charge in [0.2, 0.25) is 0 Å². The number of para-hydroxylation sites is 1. The van der Waals surface area contributed by atoms with E-state index in [0.29, 0.717) is 22.5 Å². The van der Waals surface area contributed by atoms with Gasteiger partial charge in [0.1, 0.15) is 5.78 Å². The molecule has 4 nitrogen and oxygen atoms in total. The molecule has 0 bridgehead atoms. The second-order valence-corrected chi connectivity index (χ2v) is 7.29. The fraction of sp³-hybridized carbons (Fsp3) is 0.286. The van der Waals surface area contributed by atoms with E-state index in [1.807, 2.05) is 48.5 Å². The molecule has 0 aliphatic heterocycles. The lowest BCUT2D eigenvalue weighted by atomic mass is 10.1. The molecule has 0 radical (unpaired) electrons. The number of rotatable bonds is 7. The van der Waals surface area contributed by atoms with Gasteiger partial charge in [0, 0.05) is 12.2 Å². The van der Waals surface area contributed by atoms with Gasteiger partial charge in [0.15, 0.2) is 5.16 Å². The van der Waals surface area contributed by atoms with E-state index >= 15 is 0 Å². The number of aryl methyl sites for hydroxylation is 1. The number of carbonyl (C=O) groups is 1. The van der Waals surface area contributed by atoms with E-state index in [2.05, 4.69) is 6.92 Å². The van der Waals surface area contributed by atoms with E-state index in [-0.39, 0.29) is 11.3 Å². The summed E-state index contributed by atoms with van der Waals surface area (Å²) in [5, 5.41) is 1.28. The fourth-order valence-corrected chi connectivity index (χ4v) is 3.75. The topological polar surface area (TPSA) is 52.0 Å². The van der Waals surface area contributed by atoms with Crippen molar-refractivity contribution < 1.29 is 4.79 Å². The summed E-state index contributed by atoms with van der Waals surface area (Å²) in [4.78, 5) is 29.0. The molecule has 3 rings (SSSR count). The van der Waals surface area contributed by atoms with Crippen LogP contribution in [-0.4, -0.2) is 21.1 Å². The van der Waals surface area contributed by atoms with Crippen molar-refractivity contribution in [1.82, 2.24) is 9.55 Å². The molecule has 5 heteroatoms. The van der Waals surface area contributed by atoms with Gasteiger partial charge in [-0.3, -0.25) is 9.36 Å². The average Bonchev–Trinajstić information content (AvgIpc) is 2.65. The van der Waals surface area contributed by atoms with Gasteiger partial charge in [-0.2, -0.15) is 0 Å². The third-order valence-corrected chi connectivity index (χ3v) is 5.28. The molecule has 26 heavy (non-hydrogen) atoms. The Bertz CT molecular complexity index is 977. The van der Waals surface area contributed by atoms with Crippen LogP contribution in [0.4, 0.5) is 0 Å². The molecule has 1 aromatic heterocycles. The van der Waals surface area contributed by atoms with Crippen molar-refractivity contribution >= 4 is 28.4 Å². The second kappa shape index (κ2) is 8.32. The SMILES string of the molecule is CCc1ccc(-n2c(SCCCC(C)=O)nc3ccccc3c2=O)cc1. The van der Waals surface area contributed by atoms with E-state index in [9.17, 15) is 9.59 Å². The van der Waals surface area contributed by atoms with E-state index in [4.69, 9.17) is 4.98 Å². The highest BCUT2D eigenvalue weighted by molar-refractivity contribution is 7.99. The lowest BCUT2D eigenvalue weighted by molar-refractivity contribution is -0.117. The van der Waals surface area contributed by atoms with Gasteiger partial charge >= 0.3 is 0 Å². The molecule has 134 valence electrons. The number of thioether (sulfide) groups is 1. The molecule has 0 unspecified atom stereocenters. The monoisotopic (exact) mass is 366 g/mol. The molecule has 0 atom stereocenters. The summed E-state index contributed by atoms with van der Waals surface area (Å²) in [5.41, 5.74) is 2.69. The molecule has 0 aliphatic carbocycles. The minimum Gasteiger partial charge on any atom is -0.300 e. The number of Topliss-reactive ketones (excluding diaryl/α,β-unsaturated/α-hetero) is 1. The van der Waals surface area contributed by atoms with Gasteiger partial charge in [-0.25, -0.2) is 4.98 Å². The first-order valence-electron chi connectivity index (χ1n) is 8.83. The number of aromatic nitrogens is 2. The minimum absolute atomic E-state index is 0.0612. The van der Waals surface area contributed by atoms with Crippen molar-refractivity contribution in [3.63, 3.8) is 0 Å². The molecule has 0 amide bonds. The first kappa shape index (κ1) is 18.4. The van der Waals surface area contributed by atoms with Crippen LogP contribution < -0.4 is 5.56 Å². The smallest absolute Gasteiger partial charge is 0.266 e. The zero-order chi connectivity index (χ0) is 18.5. The molecule has 0 fully saturated rings. The van der Waals surface area contributed by atoms with Crippen molar-refractivity contribution in [2.45, 2.75) is 38.3 Å². The van der Waals surface area contributed by atoms with Crippen molar-refractivity contribution in [2.75, 3.05) is 5.75 Å². The normalized spacial score (nSPS) is 11.0. The molecule has 0 N–H and O–H groups in total. The lowest BCUT2D eigenvalue weighted by Gasteiger charge is -2.13. The summed E-state index contributed by atoms with van der Waals surface area (Å²) in [6.45, 7) is 3.71. The number of fused-ring (bicyclic) bond motifs is 1. The molecule has 3 aromatic rings. The molecule has 0 spiro atoms. The predicted molar refractivity (Wildman–Crippen MR) is 107 cm³/mol. The summed E-state index contributed by atoms with van der Waals surface area (Å²) < 4.78 is 1.68. The second-order valence-electron chi connectivity index (χ2n) is 6.23. The van der Waals surface area contributed by atoms with Crippen LogP contribution in [0.3, 0.4) is 0 Å². The Kier molecular flexibility index (Phi) is 5.89. The van der Waals surface area contributed by atoms with E-state index in [0.717, 1.165) is 24.3 Å². The van der Waals surface area contributed by atoms with E-state index < -0.39 is 0 Å². The summed E-state index contributed by atoms with van der Waals surface area (Å²) in [6.07, 6.45) is 2.28. The molecule has 0 saturated carbocycles. The summed E-state index contributed by atoms with van der Waals surface area (Å²) >= 11 is 1.52. The maximum absolute atomic E-state index is 13.1. The van der Waals surface area contributed by atoms with Gasteiger partial charge < -0.3 is 4.79 Å².